The summed E-state index contributed by atoms with van der Waals surface area (Å²) in [5.41, 5.74) is 8.61. The van der Waals surface area contributed by atoms with Crippen LogP contribution in [-0.2, 0) is 13.6 Å². The lowest BCUT2D eigenvalue weighted by Crippen LogP contribution is -2.38. The molecule has 2 atom stereocenters. The Labute approximate surface area is 131 Å². The molecule has 0 aliphatic carbocycles. The Balaban J connectivity index is 2.25. The maximum Gasteiger partial charge on any atom is 0.0534 e. The molecule has 0 aliphatic heterocycles. The molecule has 2 rings (SSSR count). The molecular formula is C16H23ClN4. The second kappa shape index (κ2) is 7.07. The first-order valence-electron chi connectivity index (χ1n) is 7.20. The van der Waals surface area contributed by atoms with Gasteiger partial charge in [0, 0.05) is 36.4 Å². The Morgan fingerprint density at radius 1 is 1.38 bits per heavy atom. The summed E-state index contributed by atoms with van der Waals surface area (Å²) in [5.74, 6) is 0. The van der Waals surface area contributed by atoms with Crippen molar-refractivity contribution >= 4 is 11.6 Å². The van der Waals surface area contributed by atoms with E-state index in [0.29, 0.717) is 0 Å². The Kier molecular flexibility index (Phi) is 5.39. The van der Waals surface area contributed by atoms with Crippen LogP contribution in [0, 0.1) is 0 Å². The highest BCUT2D eigenvalue weighted by atomic mass is 35.5. The lowest BCUT2D eigenvalue weighted by Gasteiger charge is -2.33. The molecule has 5 heteroatoms. The number of hydrogen-bond acceptors (Lipinski definition) is 3. The fourth-order valence-corrected chi connectivity index (χ4v) is 2.92. The molecule has 0 radical (unpaired) electrons. The van der Waals surface area contributed by atoms with E-state index in [-0.39, 0.29) is 12.1 Å². The second-order valence-electron chi connectivity index (χ2n) is 5.48. The first kappa shape index (κ1) is 16.0. The van der Waals surface area contributed by atoms with Crippen LogP contribution in [0.2, 0.25) is 5.02 Å². The fraction of sp³-hybridized carbons (Fsp3) is 0.438. The van der Waals surface area contributed by atoms with Gasteiger partial charge in [0.2, 0.25) is 0 Å². The molecule has 0 aliphatic rings. The van der Waals surface area contributed by atoms with E-state index in [1.54, 1.807) is 0 Å². The highest BCUT2D eigenvalue weighted by Crippen LogP contribution is 2.30. The number of halogens is 1. The van der Waals surface area contributed by atoms with Crippen LogP contribution >= 0.6 is 11.6 Å². The van der Waals surface area contributed by atoms with E-state index in [9.17, 15) is 0 Å². The van der Waals surface area contributed by atoms with Crippen molar-refractivity contribution in [1.29, 1.82) is 0 Å². The molecule has 4 nitrogen and oxygen atoms in total. The van der Waals surface area contributed by atoms with E-state index < -0.39 is 0 Å². The molecular weight excluding hydrogens is 284 g/mol. The zero-order valence-corrected chi connectivity index (χ0v) is 13.6. The lowest BCUT2D eigenvalue weighted by molar-refractivity contribution is 0.202. The van der Waals surface area contributed by atoms with Gasteiger partial charge in [-0.05, 0) is 25.1 Å². The molecule has 2 unspecified atom stereocenters. The third kappa shape index (κ3) is 3.84. The number of likely N-dealkylation sites (N-methyl/N-ethyl adjacent to an activating group) is 1. The zero-order chi connectivity index (χ0) is 15.4. The molecule has 0 fully saturated rings. The van der Waals surface area contributed by atoms with Gasteiger partial charge in [0.05, 0.1) is 12.2 Å². The van der Waals surface area contributed by atoms with Gasteiger partial charge >= 0.3 is 0 Å². The van der Waals surface area contributed by atoms with Crippen molar-refractivity contribution < 1.29 is 0 Å². The first-order chi connectivity index (χ1) is 10.0. The molecule has 0 saturated carbocycles. The van der Waals surface area contributed by atoms with E-state index in [4.69, 9.17) is 17.3 Å². The topological polar surface area (TPSA) is 47.1 Å². The van der Waals surface area contributed by atoms with Crippen LogP contribution in [0.25, 0.3) is 0 Å². The number of benzene rings is 1. The summed E-state index contributed by atoms with van der Waals surface area (Å²) in [5, 5.41) is 4.99. The van der Waals surface area contributed by atoms with Gasteiger partial charge in [-0.15, -0.1) is 0 Å². The molecule has 0 saturated heterocycles. The van der Waals surface area contributed by atoms with Crippen molar-refractivity contribution in [1.82, 2.24) is 14.7 Å². The van der Waals surface area contributed by atoms with Crippen LogP contribution in [0.5, 0.6) is 0 Å². The minimum Gasteiger partial charge on any atom is -0.326 e. The molecule has 1 aromatic carbocycles. The van der Waals surface area contributed by atoms with Crippen LogP contribution in [0.4, 0.5) is 0 Å². The van der Waals surface area contributed by atoms with E-state index in [2.05, 4.69) is 30.0 Å². The Morgan fingerprint density at radius 3 is 2.67 bits per heavy atom. The third-order valence-corrected chi connectivity index (χ3v) is 4.11. The van der Waals surface area contributed by atoms with Gasteiger partial charge in [-0.3, -0.25) is 9.58 Å². The van der Waals surface area contributed by atoms with Gasteiger partial charge in [0.1, 0.15) is 0 Å². The average Bonchev–Trinajstić information content (AvgIpc) is 2.86. The summed E-state index contributed by atoms with van der Waals surface area (Å²) < 4.78 is 1.81. The van der Waals surface area contributed by atoms with Crippen molar-refractivity contribution in [2.75, 3.05) is 7.05 Å². The number of rotatable bonds is 6. The summed E-state index contributed by atoms with van der Waals surface area (Å²) in [7, 11) is 4.00. The van der Waals surface area contributed by atoms with Crippen molar-refractivity contribution in [2.24, 2.45) is 12.8 Å². The van der Waals surface area contributed by atoms with Crippen LogP contribution in [-0.4, -0.2) is 27.8 Å². The van der Waals surface area contributed by atoms with Gasteiger partial charge in [-0.2, -0.15) is 5.10 Å². The smallest absolute Gasteiger partial charge is 0.0534 e. The van der Waals surface area contributed by atoms with Crippen molar-refractivity contribution in [3.8, 4) is 0 Å². The molecule has 2 aromatic rings. The normalized spacial score (nSPS) is 14.4. The van der Waals surface area contributed by atoms with Crippen LogP contribution in [0.15, 0.2) is 36.7 Å². The van der Waals surface area contributed by atoms with Crippen molar-refractivity contribution in [3.63, 3.8) is 0 Å². The van der Waals surface area contributed by atoms with Crippen molar-refractivity contribution in [3.05, 3.63) is 52.8 Å². The van der Waals surface area contributed by atoms with Crippen molar-refractivity contribution in [2.45, 2.75) is 32.0 Å². The largest absolute Gasteiger partial charge is 0.326 e. The van der Waals surface area contributed by atoms with Gasteiger partial charge < -0.3 is 5.73 Å². The Morgan fingerprint density at radius 2 is 2.10 bits per heavy atom. The van der Waals surface area contributed by atoms with E-state index in [0.717, 1.165) is 23.6 Å². The number of nitrogens with zero attached hydrogens (tertiary/aromatic N) is 3. The summed E-state index contributed by atoms with van der Waals surface area (Å²) in [6.45, 7) is 2.89. The predicted octanol–water partition coefficient (Wildman–Crippen LogP) is 2.98. The second-order valence-corrected chi connectivity index (χ2v) is 5.88. The standard InChI is InChI=1S/C16H23ClN4/c1-4-15(18)16(13-7-5-6-8-14(13)17)20(2)10-12-9-19-21(3)11-12/h5-9,11,15-16H,4,10,18H2,1-3H3. The maximum absolute atomic E-state index is 6.37. The zero-order valence-electron chi connectivity index (χ0n) is 12.8. The number of nitrogens with two attached hydrogens (primary N) is 1. The summed E-state index contributed by atoms with van der Waals surface area (Å²) in [4.78, 5) is 2.24. The van der Waals surface area contributed by atoms with E-state index >= 15 is 0 Å². The molecule has 0 bridgehead atoms. The van der Waals surface area contributed by atoms with E-state index in [1.165, 1.54) is 5.56 Å². The van der Waals surface area contributed by atoms with Gasteiger partial charge in [0.15, 0.2) is 0 Å². The minimum absolute atomic E-state index is 0.0339. The molecule has 1 aromatic heterocycles. The Hall–Kier alpha value is -1.36. The highest BCUT2D eigenvalue weighted by molar-refractivity contribution is 6.31. The Bertz CT molecular complexity index is 581. The van der Waals surface area contributed by atoms with Gasteiger partial charge in [-0.25, -0.2) is 0 Å². The SMILES string of the molecule is CCC(N)C(c1ccccc1Cl)N(C)Cc1cnn(C)c1. The molecule has 114 valence electrons. The number of aryl methyl sites for hydroxylation is 1. The maximum atomic E-state index is 6.37. The quantitative estimate of drug-likeness (QED) is 0.892. The number of hydrogen-bond donors (Lipinski definition) is 1. The van der Waals surface area contributed by atoms with Crippen LogP contribution < -0.4 is 5.73 Å². The summed E-state index contributed by atoms with van der Waals surface area (Å²) in [6, 6.07) is 8.05. The van der Waals surface area contributed by atoms with Gasteiger partial charge in [-0.1, -0.05) is 36.7 Å². The fourth-order valence-electron chi connectivity index (χ4n) is 2.67. The lowest BCUT2D eigenvalue weighted by atomic mass is 9.96. The molecule has 0 amide bonds. The molecule has 2 N–H and O–H groups in total. The summed E-state index contributed by atoms with van der Waals surface area (Å²) in [6.07, 6.45) is 4.81. The monoisotopic (exact) mass is 306 g/mol. The van der Waals surface area contributed by atoms with E-state index in [1.807, 2.05) is 42.3 Å². The summed E-state index contributed by atoms with van der Waals surface area (Å²) >= 11 is 6.37. The molecule has 21 heavy (non-hydrogen) atoms. The molecule has 0 spiro atoms. The van der Waals surface area contributed by atoms with Crippen LogP contribution in [0.1, 0.15) is 30.5 Å². The average molecular weight is 307 g/mol. The van der Waals surface area contributed by atoms with Crippen LogP contribution in [0.3, 0.4) is 0 Å². The highest BCUT2D eigenvalue weighted by Gasteiger charge is 2.25. The van der Waals surface area contributed by atoms with Gasteiger partial charge in [0.25, 0.3) is 0 Å². The number of aromatic nitrogens is 2. The minimum atomic E-state index is 0.0339. The first-order valence-corrected chi connectivity index (χ1v) is 7.58. The molecule has 1 heterocycles. The predicted molar refractivity (Wildman–Crippen MR) is 87.1 cm³/mol. The third-order valence-electron chi connectivity index (χ3n) is 3.77.